The fraction of sp³-hybridized carbons (Fsp3) is 0.474. The summed E-state index contributed by atoms with van der Waals surface area (Å²) in [5.74, 6) is 1.70. The lowest BCUT2D eigenvalue weighted by atomic mass is 9.95. The summed E-state index contributed by atoms with van der Waals surface area (Å²) in [6.45, 7) is 7.66. The first-order chi connectivity index (χ1) is 12.0. The maximum Gasteiger partial charge on any atom is 0.242 e. The molecular formula is C19H25N3O3. The molecule has 0 saturated carbocycles. The summed E-state index contributed by atoms with van der Waals surface area (Å²) in [6, 6.07) is 5.80. The van der Waals surface area contributed by atoms with Crippen LogP contribution in [0.1, 0.15) is 37.4 Å². The Balaban J connectivity index is 1.74. The van der Waals surface area contributed by atoms with Crippen LogP contribution >= 0.6 is 0 Å². The number of amides is 1. The Kier molecular flexibility index (Phi) is 5.26. The van der Waals surface area contributed by atoms with Crippen molar-refractivity contribution in [3.8, 4) is 11.5 Å². The van der Waals surface area contributed by atoms with Gasteiger partial charge in [0, 0.05) is 12.6 Å². The van der Waals surface area contributed by atoms with E-state index in [-0.39, 0.29) is 24.4 Å². The van der Waals surface area contributed by atoms with Crippen LogP contribution in [0.15, 0.2) is 30.6 Å². The second kappa shape index (κ2) is 7.59. The highest BCUT2D eigenvalue weighted by molar-refractivity contribution is 5.76. The number of hydrogen-bond donors (Lipinski definition) is 1. The predicted molar refractivity (Wildman–Crippen MR) is 94.7 cm³/mol. The van der Waals surface area contributed by atoms with E-state index in [2.05, 4.69) is 24.3 Å². The van der Waals surface area contributed by atoms with Crippen molar-refractivity contribution >= 4 is 5.91 Å². The van der Waals surface area contributed by atoms with Gasteiger partial charge in [0.25, 0.3) is 0 Å². The highest BCUT2D eigenvalue weighted by Gasteiger charge is 2.21. The van der Waals surface area contributed by atoms with Crippen LogP contribution in [0.25, 0.3) is 0 Å². The van der Waals surface area contributed by atoms with Crippen molar-refractivity contribution in [2.75, 3.05) is 13.2 Å². The van der Waals surface area contributed by atoms with Crippen LogP contribution in [-0.2, 0) is 11.3 Å². The summed E-state index contributed by atoms with van der Waals surface area (Å²) in [7, 11) is 0. The fourth-order valence-corrected chi connectivity index (χ4v) is 2.93. The highest BCUT2D eigenvalue weighted by atomic mass is 16.5. The molecule has 0 bridgehead atoms. The average Bonchev–Trinajstić information content (AvgIpc) is 2.83. The van der Waals surface area contributed by atoms with E-state index in [0.29, 0.717) is 13.2 Å². The number of carbonyl (C=O) groups is 1. The molecule has 6 heteroatoms. The van der Waals surface area contributed by atoms with Crippen molar-refractivity contribution in [2.24, 2.45) is 5.92 Å². The second-order valence-corrected chi connectivity index (χ2v) is 6.76. The van der Waals surface area contributed by atoms with Gasteiger partial charge >= 0.3 is 0 Å². The van der Waals surface area contributed by atoms with Crippen molar-refractivity contribution in [3.63, 3.8) is 0 Å². The molecule has 0 fully saturated rings. The average molecular weight is 343 g/mol. The molecule has 2 aromatic rings. The summed E-state index contributed by atoms with van der Waals surface area (Å²) >= 11 is 0. The summed E-state index contributed by atoms with van der Waals surface area (Å²) in [5.41, 5.74) is 2.06. The number of aromatic nitrogens is 2. The van der Waals surface area contributed by atoms with Crippen molar-refractivity contribution < 1.29 is 14.3 Å². The van der Waals surface area contributed by atoms with Crippen molar-refractivity contribution in [3.05, 3.63) is 41.7 Å². The maximum absolute atomic E-state index is 12.4. The second-order valence-electron chi connectivity index (χ2n) is 6.76. The molecule has 1 aromatic carbocycles. The molecule has 1 N–H and O–H groups in total. The number of rotatable bonds is 5. The van der Waals surface area contributed by atoms with Gasteiger partial charge in [0.1, 0.15) is 6.54 Å². The third-order valence-electron chi connectivity index (χ3n) is 4.18. The van der Waals surface area contributed by atoms with Crippen LogP contribution in [0.2, 0.25) is 0 Å². The van der Waals surface area contributed by atoms with Crippen LogP contribution in [0, 0.1) is 12.8 Å². The first-order valence-electron chi connectivity index (χ1n) is 8.71. The Morgan fingerprint density at radius 1 is 1.28 bits per heavy atom. The molecule has 1 amide bonds. The Bertz CT molecular complexity index is 739. The summed E-state index contributed by atoms with van der Waals surface area (Å²) < 4.78 is 13.1. The molecular weight excluding hydrogens is 318 g/mol. The fourth-order valence-electron chi connectivity index (χ4n) is 2.93. The molecule has 0 spiro atoms. The lowest BCUT2D eigenvalue weighted by Crippen LogP contribution is -2.34. The van der Waals surface area contributed by atoms with Gasteiger partial charge in [-0.05, 0) is 36.1 Å². The zero-order valence-electron chi connectivity index (χ0n) is 15.0. The zero-order valence-corrected chi connectivity index (χ0v) is 15.0. The van der Waals surface area contributed by atoms with Gasteiger partial charge in [-0.1, -0.05) is 19.9 Å². The van der Waals surface area contributed by atoms with Crippen molar-refractivity contribution in [2.45, 2.75) is 39.8 Å². The smallest absolute Gasteiger partial charge is 0.242 e. The molecule has 0 radical (unpaired) electrons. The number of nitrogens with one attached hydrogen (secondary N) is 1. The SMILES string of the molecule is Cc1cnn(CC(=O)N[C@@H](c2ccc3c(c2)OCCCO3)C(C)C)c1. The van der Waals surface area contributed by atoms with E-state index < -0.39 is 0 Å². The van der Waals surface area contributed by atoms with Crippen molar-refractivity contribution in [1.29, 1.82) is 0 Å². The largest absolute Gasteiger partial charge is 0.490 e. The van der Waals surface area contributed by atoms with Gasteiger partial charge in [-0.15, -0.1) is 0 Å². The molecule has 1 aliphatic rings. The maximum atomic E-state index is 12.4. The van der Waals surface area contributed by atoms with Crippen LogP contribution in [0.3, 0.4) is 0 Å². The molecule has 134 valence electrons. The third kappa shape index (κ3) is 4.32. The minimum atomic E-state index is -0.0960. The van der Waals surface area contributed by atoms with E-state index in [4.69, 9.17) is 9.47 Å². The summed E-state index contributed by atoms with van der Waals surface area (Å²) in [6.07, 6.45) is 4.48. The van der Waals surface area contributed by atoms with Crippen molar-refractivity contribution in [1.82, 2.24) is 15.1 Å². The van der Waals surface area contributed by atoms with E-state index in [1.54, 1.807) is 10.9 Å². The normalized spacial score (nSPS) is 14.9. The van der Waals surface area contributed by atoms with Crippen LogP contribution < -0.4 is 14.8 Å². The topological polar surface area (TPSA) is 65.4 Å². The predicted octanol–water partition coefficient (Wildman–Crippen LogP) is 2.87. The molecule has 0 unspecified atom stereocenters. The quantitative estimate of drug-likeness (QED) is 0.907. The molecule has 1 aromatic heterocycles. The number of ether oxygens (including phenoxy) is 2. The van der Waals surface area contributed by atoms with Gasteiger partial charge in [0.2, 0.25) is 5.91 Å². The number of aryl methyl sites for hydroxylation is 1. The first kappa shape index (κ1) is 17.3. The van der Waals surface area contributed by atoms with E-state index in [1.807, 2.05) is 31.3 Å². The Hall–Kier alpha value is -2.50. The molecule has 25 heavy (non-hydrogen) atoms. The molecule has 0 aliphatic carbocycles. The number of fused-ring (bicyclic) bond motifs is 1. The van der Waals surface area contributed by atoms with Gasteiger partial charge in [-0.3, -0.25) is 9.48 Å². The molecule has 0 saturated heterocycles. The lowest BCUT2D eigenvalue weighted by molar-refractivity contribution is -0.122. The number of nitrogens with zero attached hydrogens (tertiary/aromatic N) is 2. The summed E-state index contributed by atoms with van der Waals surface area (Å²) in [4.78, 5) is 12.4. The third-order valence-corrected chi connectivity index (χ3v) is 4.18. The van der Waals surface area contributed by atoms with Gasteiger partial charge in [0.15, 0.2) is 11.5 Å². The van der Waals surface area contributed by atoms with Crippen LogP contribution in [0.4, 0.5) is 0 Å². The molecule has 6 nitrogen and oxygen atoms in total. The van der Waals surface area contributed by atoms with Gasteiger partial charge in [-0.2, -0.15) is 5.10 Å². The standard InChI is InChI=1S/C19H25N3O3/c1-13(2)19(21-18(23)12-22-11-14(3)10-20-22)15-5-6-16-17(9-15)25-8-4-7-24-16/h5-6,9-11,13,19H,4,7-8,12H2,1-3H3,(H,21,23)/t19-/m1/s1. The van der Waals surface area contributed by atoms with E-state index in [1.165, 1.54) is 0 Å². The van der Waals surface area contributed by atoms with Crippen LogP contribution in [-0.4, -0.2) is 28.9 Å². The Labute approximate surface area is 148 Å². The van der Waals surface area contributed by atoms with Gasteiger partial charge < -0.3 is 14.8 Å². The molecule has 1 aliphatic heterocycles. The number of carbonyl (C=O) groups excluding carboxylic acids is 1. The van der Waals surface area contributed by atoms with Gasteiger partial charge in [-0.25, -0.2) is 0 Å². The Morgan fingerprint density at radius 3 is 2.72 bits per heavy atom. The minimum Gasteiger partial charge on any atom is -0.490 e. The lowest BCUT2D eigenvalue weighted by Gasteiger charge is -2.24. The minimum absolute atomic E-state index is 0.0612. The molecule has 3 rings (SSSR count). The number of benzene rings is 1. The Morgan fingerprint density at radius 2 is 2.04 bits per heavy atom. The summed E-state index contributed by atoms with van der Waals surface area (Å²) in [5, 5.41) is 7.28. The van der Waals surface area contributed by atoms with E-state index in [9.17, 15) is 4.79 Å². The molecule has 2 heterocycles. The molecule has 1 atom stereocenters. The zero-order chi connectivity index (χ0) is 17.8. The van der Waals surface area contributed by atoms with E-state index in [0.717, 1.165) is 29.0 Å². The number of hydrogen-bond acceptors (Lipinski definition) is 4. The van der Waals surface area contributed by atoms with Crippen LogP contribution in [0.5, 0.6) is 11.5 Å². The van der Waals surface area contributed by atoms with Gasteiger partial charge in [0.05, 0.1) is 25.5 Å². The first-order valence-corrected chi connectivity index (χ1v) is 8.71. The van der Waals surface area contributed by atoms with E-state index >= 15 is 0 Å². The highest BCUT2D eigenvalue weighted by Crippen LogP contribution is 2.34. The monoisotopic (exact) mass is 343 g/mol.